The van der Waals surface area contributed by atoms with Crippen molar-refractivity contribution in [1.29, 1.82) is 0 Å². The van der Waals surface area contributed by atoms with E-state index in [1.54, 1.807) is 7.11 Å². The second-order valence-corrected chi connectivity index (χ2v) is 3.88. The molecule has 0 bridgehead atoms. The molecule has 1 fully saturated rings. The van der Waals surface area contributed by atoms with Crippen LogP contribution in [0, 0.1) is 5.92 Å². The standard InChI is InChI=1S/C10H17N3O3/c1-14-9(7-2-3-7)10-12-8(16-13-10)6-15-5-4-11/h7,9H,2-6,11H2,1H3. The molecule has 1 saturated carbocycles. The molecule has 0 aromatic carbocycles. The van der Waals surface area contributed by atoms with Crippen LogP contribution in [0.4, 0.5) is 0 Å². The zero-order valence-corrected chi connectivity index (χ0v) is 9.39. The molecule has 0 saturated heterocycles. The maximum Gasteiger partial charge on any atom is 0.252 e. The summed E-state index contributed by atoms with van der Waals surface area (Å²) >= 11 is 0. The molecule has 6 heteroatoms. The van der Waals surface area contributed by atoms with Crippen LogP contribution in [0.5, 0.6) is 0 Å². The van der Waals surface area contributed by atoms with Crippen molar-refractivity contribution in [1.82, 2.24) is 10.1 Å². The average Bonchev–Trinajstić information content (AvgIpc) is 3.01. The van der Waals surface area contributed by atoms with Crippen molar-refractivity contribution in [2.24, 2.45) is 11.7 Å². The second-order valence-electron chi connectivity index (χ2n) is 3.88. The first-order valence-corrected chi connectivity index (χ1v) is 5.48. The highest BCUT2D eigenvalue weighted by Gasteiger charge is 2.35. The molecule has 2 rings (SSSR count). The number of ether oxygens (including phenoxy) is 2. The molecule has 1 aromatic rings. The van der Waals surface area contributed by atoms with Gasteiger partial charge < -0.3 is 19.7 Å². The number of rotatable bonds is 7. The first kappa shape index (κ1) is 11.5. The van der Waals surface area contributed by atoms with Gasteiger partial charge in [0.1, 0.15) is 12.7 Å². The minimum atomic E-state index is -0.0352. The lowest BCUT2D eigenvalue weighted by atomic mass is 10.2. The van der Waals surface area contributed by atoms with Crippen LogP contribution in [0.1, 0.15) is 30.7 Å². The predicted molar refractivity (Wildman–Crippen MR) is 55.5 cm³/mol. The van der Waals surface area contributed by atoms with Crippen LogP contribution in [-0.4, -0.2) is 30.4 Å². The van der Waals surface area contributed by atoms with Gasteiger partial charge in [0.05, 0.1) is 6.61 Å². The quantitative estimate of drug-likeness (QED) is 0.688. The molecular weight excluding hydrogens is 210 g/mol. The Labute approximate surface area is 94.1 Å². The lowest BCUT2D eigenvalue weighted by Crippen LogP contribution is -2.08. The topological polar surface area (TPSA) is 83.4 Å². The van der Waals surface area contributed by atoms with Crippen molar-refractivity contribution >= 4 is 0 Å². The van der Waals surface area contributed by atoms with Crippen molar-refractivity contribution in [3.05, 3.63) is 11.7 Å². The Kier molecular flexibility index (Phi) is 3.87. The molecule has 0 radical (unpaired) electrons. The number of hydrogen-bond acceptors (Lipinski definition) is 6. The normalized spacial score (nSPS) is 17.6. The van der Waals surface area contributed by atoms with E-state index in [1.807, 2.05) is 0 Å². The number of methoxy groups -OCH3 is 1. The number of nitrogens with two attached hydrogens (primary N) is 1. The van der Waals surface area contributed by atoms with Crippen molar-refractivity contribution in [3.8, 4) is 0 Å². The van der Waals surface area contributed by atoms with Crippen LogP contribution < -0.4 is 5.73 Å². The first-order chi connectivity index (χ1) is 7.85. The summed E-state index contributed by atoms with van der Waals surface area (Å²) in [6, 6.07) is 0. The molecule has 1 aliphatic rings. The van der Waals surface area contributed by atoms with Crippen molar-refractivity contribution in [3.63, 3.8) is 0 Å². The summed E-state index contributed by atoms with van der Waals surface area (Å²) in [6.45, 7) is 1.29. The monoisotopic (exact) mass is 227 g/mol. The predicted octanol–water partition coefficient (Wildman–Crippen LogP) is 0.642. The second kappa shape index (κ2) is 5.38. The van der Waals surface area contributed by atoms with E-state index in [9.17, 15) is 0 Å². The highest BCUT2D eigenvalue weighted by molar-refractivity contribution is 4.97. The summed E-state index contributed by atoms with van der Waals surface area (Å²) in [4.78, 5) is 4.25. The third kappa shape index (κ3) is 2.78. The summed E-state index contributed by atoms with van der Waals surface area (Å²) in [5, 5.41) is 3.90. The summed E-state index contributed by atoms with van der Waals surface area (Å²) in [5.41, 5.74) is 5.30. The fourth-order valence-corrected chi connectivity index (χ4v) is 1.59. The lowest BCUT2D eigenvalue weighted by Gasteiger charge is -2.08. The SMILES string of the molecule is COC(c1noc(COCCN)n1)C1CC1. The summed E-state index contributed by atoms with van der Waals surface area (Å²) in [6.07, 6.45) is 2.31. The van der Waals surface area contributed by atoms with Crippen LogP contribution in [0.2, 0.25) is 0 Å². The zero-order chi connectivity index (χ0) is 11.4. The Morgan fingerprint density at radius 3 is 3.00 bits per heavy atom. The molecule has 1 aliphatic carbocycles. The van der Waals surface area contributed by atoms with Crippen molar-refractivity contribution < 1.29 is 14.0 Å². The molecule has 0 spiro atoms. The fourth-order valence-electron chi connectivity index (χ4n) is 1.59. The molecule has 6 nitrogen and oxygen atoms in total. The van der Waals surface area contributed by atoms with E-state index in [4.69, 9.17) is 19.7 Å². The van der Waals surface area contributed by atoms with Gasteiger partial charge in [-0.1, -0.05) is 5.16 Å². The van der Waals surface area contributed by atoms with Gasteiger partial charge in [-0.3, -0.25) is 0 Å². The van der Waals surface area contributed by atoms with Crippen LogP contribution in [0.3, 0.4) is 0 Å². The average molecular weight is 227 g/mol. The van der Waals surface area contributed by atoms with Gasteiger partial charge in [0, 0.05) is 13.7 Å². The van der Waals surface area contributed by atoms with Gasteiger partial charge in [-0.05, 0) is 18.8 Å². The largest absolute Gasteiger partial charge is 0.373 e. The minimum Gasteiger partial charge on any atom is -0.373 e. The molecule has 1 atom stereocenters. The van der Waals surface area contributed by atoms with Crippen LogP contribution in [-0.2, 0) is 16.1 Å². The van der Waals surface area contributed by atoms with E-state index in [1.165, 1.54) is 12.8 Å². The molecule has 90 valence electrons. The maximum atomic E-state index is 5.35. The van der Waals surface area contributed by atoms with E-state index >= 15 is 0 Å². The van der Waals surface area contributed by atoms with Gasteiger partial charge in [0.25, 0.3) is 5.89 Å². The van der Waals surface area contributed by atoms with Crippen molar-refractivity contribution in [2.45, 2.75) is 25.6 Å². The molecule has 0 aliphatic heterocycles. The highest BCUT2D eigenvalue weighted by Crippen LogP contribution is 2.41. The van der Waals surface area contributed by atoms with E-state index in [0.717, 1.165) is 0 Å². The highest BCUT2D eigenvalue weighted by atomic mass is 16.5. The lowest BCUT2D eigenvalue weighted by molar-refractivity contribution is 0.0750. The maximum absolute atomic E-state index is 5.35. The third-order valence-electron chi connectivity index (χ3n) is 2.53. The van der Waals surface area contributed by atoms with E-state index < -0.39 is 0 Å². The summed E-state index contributed by atoms with van der Waals surface area (Å²) in [5.74, 6) is 1.64. The molecular formula is C10H17N3O3. The van der Waals surface area contributed by atoms with Crippen LogP contribution in [0.25, 0.3) is 0 Å². The van der Waals surface area contributed by atoms with Crippen molar-refractivity contribution in [2.75, 3.05) is 20.3 Å². The molecule has 1 unspecified atom stereocenters. The van der Waals surface area contributed by atoms with Gasteiger partial charge in [-0.25, -0.2) is 0 Å². The minimum absolute atomic E-state index is 0.0352. The van der Waals surface area contributed by atoms with E-state index in [2.05, 4.69) is 10.1 Å². The number of aromatic nitrogens is 2. The van der Waals surface area contributed by atoms with Crippen LogP contribution >= 0.6 is 0 Å². The molecule has 2 N–H and O–H groups in total. The smallest absolute Gasteiger partial charge is 0.252 e. The van der Waals surface area contributed by atoms with Gasteiger partial charge in [0.15, 0.2) is 0 Å². The van der Waals surface area contributed by atoms with Gasteiger partial charge >= 0.3 is 0 Å². The Bertz CT molecular complexity index is 325. The van der Waals surface area contributed by atoms with Gasteiger partial charge in [-0.15, -0.1) is 0 Å². The Morgan fingerprint density at radius 1 is 1.56 bits per heavy atom. The van der Waals surface area contributed by atoms with E-state index in [-0.39, 0.29) is 6.10 Å². The number of hydrogen-bond donors (Lipinski definition) is 1. The van der Waals surface area contributed by atoms with Gasteiger partial charge in [-0.2, -0.15) is 4.98 Å². The Hall–Kier alpha value is -0.980. The van der Waals surface area contributed by atoms with Gasteiger partial charge in [0.2, 0.25) is 5.82 Å². The van der Waals surface area contributed by atoms with E-state index in [0.29, 0.717) is 37.4 Å². The number of nitrogens with zero attached hydrogens (tertiary/aromatic N) is 2. The first-order valence-electron chi connectivity index (χ1n) is 5.48. The Morgan fingerprint density at radius 2 is 2.38 bits per heavy atom. The Balaban J connectivity index is 1.90. The summed E-state index contributed by atoms with van der Waals surface area (Å²) in [7, 11) is 1.67. The molecule has 1 heterocycles. The fraction of sp³-hybridized carbons (Fsp3) is 0.800. The van der Waals surface area contributed by atoms with Crippen LogP contribution in [0.15, 0.2) is 4.52 Å². The third-order valence-corrected chi connectivity index (χ3v) is 2.53. The zero-order valence-electron chi connectivity index (χ0n) is 9.39. The molecule has 1 aromatic heterocycles. The molecule has 16 heavy (non-hydrogen) atoms. The molecule has 0 amide bonds. The summed E-state index contributed by atoms with van der Waals surface area (Å²) < 4.78 is 15.6.